The molecule has 1 aliphatic rings. The first-order valence-electron chi connectivity index (χ1n) is 9.63. The van der Waals surface area contributed by atoms with Gasteiger partial charge in [-0.2, -0.15) is 0 Å². The summed E-state index contributed by atoms with van der Waals surface area (Å²) in [7, 11) is 0. The molecule has 0 spiro atoms. The first-order chi connectivity index (χ1) is 12.0. The van der Waals surface area contributed by atoms with Crippen molar-refractivity contribution in [3.8, 4) is 5.75 Å². The van der Waals surface area contributed by atoms with Crippen LogP contribution in [0.5, 0.6) is 5.75 Å². The summed E-state index contributed by atoms with van der Waals surface area (Å²) in [4.78, 5) is 0. The van der Waals surface area contributed by atoms with E-state index in [2.05, 4.69) is 52.8 Å². The number of rotatable bonds is 4. The molecule has 0 amide bonds. The average molecular weight is 357 g/mol. The maximum atomic E-state index is 10.5. The maximum absolute atomic E-state index is 10.5. The van der Waals surface area contributed by atoms with Gasteiger partial charge in [0.15, 0.2) is 5.79 Å². The van der Waals surface area contributed by atoms with Crippen molar-refractivity contribution in [2.75, 3.05) is 0 Å². The summed E-state index contributed by atoms with van der Waals surface area (Å²) in [5.74, 6) is 0.157. The predicted octanol–water partition coefficient (Wildman–Crippen LogP) is 5.84. The van der Waals surface area contributed by atoms with Gasteiger partial charge in [-0.25, -0.2) is 0 Å². The Balaban J connectivity index is 1.93. The van der Waals surface area contributed by atoms with E-state index in [9.17, 15) is 5.11 Å². The fraction of sp³-hybridized carbons (Fsp3) is 0.565. The number of ether oxygens (including phenoxy) is 2. The zero-order valence-corrected chi connectivity index (χ0v) is 17.1. The number of fused-ring (bicyclic) bond motifs is 1. The Labute approximate surface area is 157 Å². The van der Waals surface area contributed by atoms with Crippen molar-refractivity contribution in [1.29, 1.82) is 0 Å². The van der Waals surface area contributed by atoms with E-state index in [0.717, 1.165) is 23.8 Å². The molecule has 1 atom stereocenters. The number of benzene rings is 2. The molecule has 0 aromatic heterocycles. The maximum Gasteiger partial charge on any atom is 0.164 e. The molecule has 26 heavy (non-hydrogen) atoms. The summed E-state index contributed by atoms with van der Waals surface area (Å²) in [5, 5.41) is 12.8. The molecule has 2 aromatic carbocycles. The molecule has 1 saturated heterocycles. The molecule has 0 saturated carbocycles. The zero-order chi connectivity index (χ0) is 19.3. The molecule has 1 aliphatic heterocycles. The van der Waals surface area contributed by atoms with Gasteiger partial charge in [0, 0.05) is 0 Å². The summed E-state index contributed by atoms with van der Waals surface area (Å²) >= 11 is 0. The molecule has 3 heteroatoms. The molecular weight excluding hydrogens is 324 g/mol. The van der Waals surface area contributed by atoms with Crippen LogP contribution in [0.3, 0.4) is 0 Å². The van der Waals surface area contributed by atoms with E-state index in [-0.39, 0.29) is 11.7 Å². The fourth-order valence-corrected chi connectivity index (χ4v) is 4.23. The van der Waals surface area contributed by atoms with E-state index < -0.39 is 5.79 Å². The van der Waals surface area contributed by atoms with Crippen LogP contribution in [0.4, 0.5) is 0 Å². The van der Waals surface area contributed by atoms with Crippen molar-refractivity contribution in [1.82, 2.24) is 0 Å². The molecule has 0 radical (unpaired) electrons. The first-order valence-corrected chi connectivity index (χ1v) is 9.63. The van der Waals surface area contributed by atoms with Crippen LogP contribution in [-0.2, 0) is 15.9 Å². The molecule has 3 nitrogen and oxygen atoms in total. The van der Waals surface area contributed by atoms with Gasteiger partial charge in [-0.05, 0) is 93.0 Å². The Morgan fingerprint density at radius 3 is 2.38 bits per heavy atom. The minimum absolute atomic E-state index is 0.0516. The van der Waals surface area contributed by atoms with Gasteiger partial charge in [-0.3, -0.25) is 0 Å². The molecule has 2 aromatic rings. The Morgan fingerprint density at radius 2 is 1.81 bits per heavy atom. The fourth-order valence-electron chi connectivity index (χ4n) is 4.23. The molecule has 1 heterocycles. The Bertz CT molecular complexity index is 818. The molecule has 1 fully saturated rings. The molecular formula is C23H32O3. The van der Waals surface area contributed by atoms with E-state index in [1.807, 2.05) is 19.9 Å². The highest BCUT2D eigenvalue weighted by Gasteiger charge is 2.46. The van der Waals surface area contributed by atoms with Crippen LogP contribution in [0.2, 0.25) is 0 Å². The number of aromatic hydroxyl groups is 1. The van der Waals surface area contributed by atoms with Crippen molar-refractivity contribution < 1.29 is 14.6 Å². The molecule has 0 aliphatic carbocycles. The van der Waals surface area contributed by atoms with Gasteiger partial charge < -0.3 is 14.6 Å². The number of aryl methyl sites for hydroxylation is 2. The van der Waals surface area contributed by atoms with Crippen LogP contribution in [0.15, 0.2) is 24.3 Å². The van der Waals surface area contributed by atoms with E-state index in [4.69, 9.17) is 9.47 Å². The van der Waals surface area contributed by atoms with E-state index in [1.165, 1.54) is 16.5 Å². The van der Waals surface area contributed by atoms with Crippen molar-refractivity contribution in [3.05, 3.63) is 41.0 Å². The van der Waals surface area contributed by atoms with Gasteiger partial charge in [0.25, 0.3) is 0 Å². The molecule has 0 unspecified atom stereocenters. The summed E-state index contributed by atoms with van der Waals surface area (Å²) in [6.45, 7) is 14.5. The Morgan fingerprint density at radius 1 is 1.12 bits per heavy atom. The number of phenols is 1. The average Bonchev–Trinajstić information content (AvgIpc) is 2.72. The van der Waals surface area contributed by atoms with Gasteiger partial charge in [-0.1, -0.05) is 26.0 Å². The standard InChI is InChI=1S/C23H32O3/c1-14(2)18-12-16-9-8-15(3)17(19(16)13-20(18)24)10-11-21-22(4,5)26-23(6,7)25-21/h8-9,12-14,21,24H,10-11H2,1-7H3/t21-/m0/s1. The van der Waals surface area contributed by atoms with Crippen LogP contribution in [0, 0.1) is 6.92 Å². The lowest BCUT2D eigenvalue weighted by atomic mass is 9.89. The minimum atomic E-state index is -0.535. The summed E-state index contributed by atoms with van der Waals surface area (Å²) in [6, 6.07) is 8.40. The summed E-state index contributed by atoms with van der Waals surface area (Å²) in [6.07, 6.45) is 1.84. The third-order valence-electron chi connectivity index (χ3n) is 5.50. The lowest BCUT2D eigenvalue weighted by molar-refractivity contribution is -0.157. The highest BCUT2D eigenvalue weighted by molar-refractivity contribution is 5.89. The topological polar surface area (TPSA) is 38.7 Å². The van der Waals surface area contributed by atoms with Crippen LogP contribution in [0.1, 0.15) is 70.6 Å². The lowest BCUT2D eigenvalue weighted by Crippen LogP contribution is -2.33. The zero-order valence-electron chi connectivity index (χ0n) is 17.1. The van der Waals surface area contributed by atoms with Crippen molar-refractivity contribution >= 4 is 10.8 Å². The third kappa shape index (κ3) is 3.60. The van der Waals surface area contributed by atoms with Crippen LogP contribution in [-0.4, -0.2) is 22.6 Å². The second-order valence-electron chi connectivity index (χ2n) is 8.90. The lowest BCUT2D eigenvalue weighted by Gasteiger charge is -2.24. The Kier molecular flexibility index (Phi) is 4.83. The van der Waals surface area contributed by atoms with E-state index in [0.29, 0.717) is 11.7 Å². The molecule has 1 N–H and O–H groups in total. The molecule has 3 rings (SSSR count). The normalized spacial score (nSPS) is 21.6. The van der Waals surface area contributed by atoms with Gasteiger partial charge in [0.1, 0.15) is 5.75 Å². The summed E-state index contributed by atoms with van der Waals surface area (Å²) < 4.78 is 12.2. The van der Waals surface area contributed by atoms with Crippen LogP contribution < -0.4 is 0 Å². The monoisotopic (exact) mass is 356 g/mol. The number of hydrogen-bond acceptors (Lipinski definition) is 3. The largest absolute Gasteiger partial charge is 0.508 e. The number of hydrogen-bond donors (Lipinski definition) is 1. The highest BCUT2D eigenvalue weighted by Crippen LogP contribution is 2.39. The van der Waals surface area contributed by atoms with Crippen molar-refractivity contribution in [2.24, 2.45) is 0 Å². The second-order valence-corrected chi connectivity index (χ2v) is 8.90. The van der Waals surface area contributed by atoms with Crippen LogP contribution >= 0.6 is 0 Å². The van der Waals surface area contributed by atoms with Gasteiger partial charge >= 0.3 is 0 Å². The van der Waals surface area contributed by atoms with E-state index >= 15 is 0 Å². The Hall–Kier alpha value is -1.58. The highest BCUT2D eigenvalue weighted by atomic mass is 16.8. The van der Waals surface area contributed by atoms with Crippen molar-refractivity contribution in [3.63, 3.8) is 0 Å². The SMILES string of the molecule is Cc1ccc2cc(C(C)C)c(O)cc2c1CC[C@@H]1OC(C)(C)OC1(C)C. The first kappa shape index (κ1) is 19.2. The minimum Gasteiger partial charge on any atom is -0.508 e. The third-order valence-corrected chi connectivity index (χ3v) is 5.50. The second kappa shape index (κ2) is 6.54. The quantitative estimate of drug-likeness (QED) is 0.748. The smallest absolute Gasteiger partial charge is 0.164 e. The molecule has 0 bridgehead atoms. The molecule has 142 valence electrons. The van der Waals surface area contributed by atoms with Gasteiger partial charge in [-0.15, -0.1) is 0 Å². The number of phenolic OH excluding ortho intramolecular Hbond substituents is 1. The van der Waals surface area contributed by atoms with Crippen LogP contribution in [0.25, 0.3) is 10.8 Å². The van der Waals surface area contributed by atoms with E-state index in [1.54, 1.807) is 0 Å². The van der Waals surface area contributed by atoms with Gasteiger partial charge in [0.2, 0.25) is 0 Å². The predicted molar refractivity (Wildman–Crippen MR) is 107 cm³/mol. The summed E-state index contributed by atoms with van der Waals surface area (Å²) in [5.41, 5.74) is 3.25. The van der Waals surface area contributed by atoms with Crippen molar-refractivity contribution in [2.45, 2.75) is 84.7 Å². The van der Waals surface area contributed by atoms with Gasteiger partial charge in [0.05, 0.1) is 11.7 Å².